The summed E-state index contributed by atoms with van der Waals surface area (Å²) in [4.78, 5) is 13.8. The van der Waals surface area contributed by atoms with Crippen molar-refractivity contribution < 1.29 is 4.79 Å². The van der Waals surface area contributed by atoms with Gasteiger partial charge >= 0.3 is 0 Å². The molecule has 3 rings (SSSR count). The van der Waals surface area contributed by atoms with Crippen LogP contribution in [0.1, 0.15) is 39.0 Å². The molecule has 0 bridgehead atoms. The Morgan fingerprint density at radius 3 is 2.67 bits per heavy atom. The Kier molecular flexibility index (Phi) is 1.88. The van der Waals surface area contributed by atoms with Crippen molar-refractivity contribution in [2.45, 2.75) is 51.1 Å². The van der Waals surface area contributed by atoms with Crippen LogP contribution in [0.5, 0.6) is 0 Å². The third kappa shape index (κ3) is 1.38. The molecule has 1 aliphatic heterocycles. The Bertz CT molecular complexity index is 337. The molecule has 2 atom stereocenters. The smallest absolute Gasteiger partial charge is 0.251 e. The predicted octanol–water partition coefficient (Wildman–Crippen LogP) is 1.42. The molecule has 15 heavy (non-hydrogen) atoms. The normalized spacial score (nSPS) is 37.5. The average Bonchev–Trinajstić information content (AvgIpc) is 2.72. The van der Waals surface area contributed by atoms with E-state index in [0.717, 1.165) is 6.42 Å². The summed E-state index contributed by atoms with van der Waals surface area (Å²) in [5.41, 5.74) is 0.604. The number of hydrogen-bond acceptors (Lipinski definition) is 2. The Morgan fingerprint density at radius 2 is 2.20 bits per heavy atom. The van der Waals surface area contributed by atoms with Gasteiger partial charge in [0.05, 0.1) is 0 Å². The van der Waals surface area contributed by atoms with Gasteiger partial charge in [-0.3, -0.25) is 9.69 Å². The zero-order valence-corrected chi connectivity index (χ0v) is 9.77. The second-order valence-corrected chi connectivity index (χ2v) is 5.66. The van der Waals surface area contributed by atoms with Gasteiger partial charge in [0.2, 0.25) is 0 Å². The van der Waals surface area contributed by atoms with Crippen LogP contribution < -0.4 is 5.32 Å². The van der Waals surface area contributed by atoms with E-state index in [1.807, 2.05) is 11.8 Å². The van der Waals surface area contributed by atoms with Gasteiger partial charge < -0.3 is 5.32 Å². The minimum absolute atomic E-state index is 0.117. The summed E-state index contributed by atoms with van der Waals surface area (Å²) in [5, 5.41) is 3.70. The Labute approximate surface area is 95.2 Å². The molecule has 1 saturated heterocycles. The predicted molar refractivity (Wildman–Crippen MR) is 61.3 cm³/mol. The quantitative estimate of drug-likeness (QED) is 0.684. The van der Waals surface area contributed by atoms with Crippen LogP contribution in [0.2, 0.25) is 0 Å². The topological polar surface area (TPSA) is 32.3 Å². The van der Waals surface area contributed by atoms with Gasteiger partial charge in [-0.15, -0.1) is 0 Å². The number of nitrogens with zero attached hydrogens (tertiary/aromatic N) is 1. The molecule has 3 fully saturated rings. The van der Waals surface area contributed by atoms with Gasteiger partial charge in [-0.1, -0.05) is 0 Å². The van der Waals surface area contributed by atoms with E-state index in [1.54, 1.807) is 0 Å². The molecular weight excluding hydrogens is 208 g/mol. The molecule has 3 nitrogen and oxygen atoms in total. The van der Waals surface area contributed by atoms with Crippen LogP contribution in [0, 0.1) is 5.41 Å². The summed E-state index contributed by atoms with van der Waals surface area (Å²) < 4.78 is 0. The fourth-order valence-electron chi connectivity index (χ4n) is 3.00. The summed E-state index contributed by atoms with van der Waals surface area (Å²) >= 11 is 5.22. The van der Waals surface area contributed by atoms with Gasteiger partial charge in [0.15, 0.2) is 5.11 Å². The zero-order chi connectivity index (χ0) is 10.6. The van der Waals surface area contributed by atoms with E-state index in [1.165, 1.54) is 25.7 Å². The fraction of sp³-hybridized carbons (Fsp3) is 0.818. The van der Waals surface area contributed by atoms with E-state index >= 15 is 0 Å². The average molecular weight is 224 g/mol. The van der Waals surface area contributed by atoms with E-state index in [9.17, 15) is 4.79 Å². The lowest BCUT2D eigenvalue weighted by Crippen LogP contribution is -2.39. The minimum atomic E-state index is -0.117. The molecule has 1 amide bonds. The summed E-state index contributed by atoms with van der Waals surface area (Å²) in [7, 11) is 0. The summed E-state index contributed by atoms with van der Waals surface area (Å²) in [6.45, 7) is 1.89. The molecule has 0 aromatic heterocycles. The molecule has 82 valence electrons. The van der Waals surface area contributed by atoms with Gasteiger partial charge in [-0.2, -0.15) is 0 Å². The standard InChI is InChI=1S/C11H16N2OS/c1-7-9(14)13(10(15)12-7)8-2-3-11(6-8)4-5-11/h7-8H,2-6H2,1H3,(H,12,15). The van der Waals surface area contributed by atoms with Crippen LogP contribution in [-0.2, 0) is 4.79 Å². The monoisotopic (exact) mass is 224 g/mol. The minimum Gasteiger partial charge on any atom is -0.351 e. The first kappa shape index (κ1) is 9.58. The van der Waals surface area contributed by atoms with Crippen molar-refractivity contribution in [3.05, 3.63) is 0 Å². The summed E-state index contributed by atoms with van der Waals surface area (Å²) in [6, 6.07) is 0.262. The highest BCUT2D eigenvalue weighted by molar-refractivity contribution is 7.80. The number of thiocarbonyl (C=S) groups is 1. The molecule has 0 aromatic rings. The number of carbonyl (C=O) groups excluding carboxylic acids is 1. The number of carbonyl (C=O) groups is 1. The number of hydrogen-bond donors (Lipinski definition) is 1. The first-order chi connectivity index (χ1) is 7.11. The lowest BCUT2D eigenvalue weighted by molar-refractivity contribution is -0.128. The van der Waals surface area contributed by atoms with Crippen molar-refractivity contribution in [2.24, 2.45) is 5.41 Å². The van der Waals surface area contributed by atoms with Gasteiger partial charge in [0.25, 0.3) is 5.91 Å². The van der Waals surface area contributed by atoms with Crippen LogP contribution in [-0.4, -0.2) is 28.0 Å². The molecule has 1 N–H and O–H groups in total. The number of rotatable bonds is 1. The van der Waals surface area contributed by atoms with Crippen molar-refractivity contribution in [3.8, 4) is 0 Å². The van der Waals surface area contributed by atoms with Gasteiger partial charge in [-0.05, 0) is 56.7 Å². The van der Waals surface area contributed by atoms with Crippen LogP contribution in [0.25, 0.3) is 0 Å². The lowest BCUT2D eigenvalue weighted by atomic mass is 10.1. The Hall–Kier alpha value is -0.640. The van der Waals surface area contributed by atoms with Crippen molar-refractivity contribution >= 4 is 23.2 Å². The van der Waals surface area contributed by atoms with Gasteiger partial charge in [0, 0.05) is 6.04 Å². The molecule has 1 heterocycles. The van der Waals surface area contributed by atoms with Gasteiger partial charge in [0.1, 0.15) is 6.04 Å². The zero-order valence-electron chi connectivity index (χ0n) is 8.95. The van der Waals surface area contributed by atoms with E-state index in [4.69, 9.17) is 12.2 Å². The molecule has 2 aliphatic carbocycles. The third-order valence-electron chi connectivity index (χ3n) is 4.17. The lowest BCUT2D eigenvalue weighted by Gasteiger charge is -2.22. The van der Waals surface area contributed by atoms with Crippen molar-refractivity contribution in [1.29, 1.82) is 0 Å². The first-order valence-corrected chi connectivity index (χ1v) is 6.16. The highest BCUT2D eigenvalue weighted by Gasteiger charge is 2.51. The SMILES string of the molecule is CC1NC(=S)N(C2CCC3(CC3)C2)C1=O. The number of amides is 1. The molecule has 2 unspecified atom stereocenters. The van der Waals surface area contributed by atoms with Crippen LogP contribution in [0.15, 0.2) is 0 Å². The third-order valence-corrected chi connectivity index (χ3v) is 4.48. The maximum Gasteiger partial charge on any atom is 0.251 e. The molecule has 3 aliphatic rings. The van der Waals surface area contributed by atoms with E-state index in [0.29, 0.717) is 16.6 Å². The summed E-state index contributed by atoms with van der Waals surface area (Å²) in [5.74, 6) is 0.169. The van der Waals surface area contributed by atoms with E-state index in [2.05, 4.69) is 5.32 Å². The second-order valence-electron chi connectivity index (χ2n) is 5.28. The fourth-order valence-corrected chi connectivity index (χ4v) is 3.41. The molecule has 0 radical (unpaired) electrons. The molecule has 1 spiro atoms. The Morgan fingerprint density at radius 1 is 1.47 bits per heavy atom. The largest absolute Gasteiger partial charge is 0.351 e. The molecule has 0 aromatic carbocycles. The maximum absolute atomic E-state index is 11.9. The van der Waals surface area contributed by atoms with Crippen molar-refractivity contribution in [2.75, 3.05) is 0 Å². The van der Waals surface area contributed by atoms with Crippen LogP contribution in [0.4, 0.5) is 0 Å². The maximum atomic E-state index is 11.9. The summed E-state index contributed by atoms with van der Waals surface area (Å²) in [6.07, 6.45) is 6.33. The highest BCUT2D eigenvalue weighted by atomic mass is 32.1. The van der Waals surface area contributed by atoms with Crippen LogP contribution in [0.3, 0.4) is 0 Å². The molecule has 2 saturated carbocycles. The van der Waals surface area contributed by atoms with Crippen LogP contribution >= 0.6 is 12.2 Å². The van der Waals surface area contributed by atoms with Gasteiger partial charge in [-0.25, -0.2) is 0 Å². The van der Waals surface area contributed by atoms with Crippen molar-refractivity contribution in [1.82, 2.24) is 10.2 Å². The highest BCUT2D eigenvalue weighted by Crippen LogP contribution is 2.58. The van der Waals surface area contributed by atoms with E-state index in [-0.39, 0.29) is 11.9 Å². The molecular formula is C11H16N2OS. The second kappa shape index (κ2) is 2.94. The first-order valence-electron chi connectivity index (χ1n) is 5.75. The number of nitrogens with one attached hydrogen (secondary N) is 1. The Balaban J connectivity index is 1.77. The molecule has 4 heteroatoms. The van der Waals surface area contributed by atoms with E-state index < -0.39 is 0 Å². The van der Waals surface area contributed by atoms with Crippen molar-refractivity contribution in [3.63, 3.8) is 0 Å².